The van der Waals surface area contributed by atoms with Crippen LogP contribution in [0.15, 0.2) is 42.5 Å². The standard InChI is InChI=1S/C19H22ClN3O3/c1-26-18-7-2-14(12-17(18)20)21-19(25)13-22-8-10-23(11-9-22)15-3-5-16(24)6-4-15/h2-7,12,24H,8-11,13H2,1H3,(H,21,25)/p+1. The van der Waals surface area contributed by atoms with Crippen LogP contribution in [0.4, 0.5) is 11.4 Å². The Labute approximate surface area is 157 Å². The maximum absolute atomic E-state index is 12.3. The van der Waals surface area contributed by atoms with Crippen molar-refractivity contribution in [1.82, 2.24) is 0 Å². The second-order valence-electron chi connectivity index (χ2n) is 6.33. The lowest BCUT2D eigenvalue weighted by atomic mass is 10.2. The number of carbonyl (C=O) groups is 1. The minimum absolute atomic E-state index is 0.0284. The van der Waals surface area contributed by atoms with Gasteiger partial charge < -0.3 is 25.0 Å². The number of anilines is 2. The lowest BCUT2D eigenvalue weighted by molar-refractivity contribution is -0.892. The molecule has 1 saturated heterocycles. The van der Waals surface area contributed by atoms with E-state index in [-0.39, 0.29) is 11.7 Å². The molecule has 1 aliphatic heterocycles. The third kappa shape index (κ3) is 4.59. The van der Waals surface area contributed by atoms with Crippen LogP contribution in [-0.2, 0) is 4.79 Å². The molecule has 0 radical (unpaired) electrons. The smallest absolute Gasteiger partial charge is 0.279 e. The van der Waals surface area contributed by atoms with Crippen LogP contribution in [0.3, 0.4) is 0 Å². The Morgan fingerprint density at radius 1 is 1.23 bits per heavy atom. The van der Waals surface area contributed by atoms with Crippen molar-refractivity contribution < 1.29 is 19.5 Å². The van der Waals surface area contributed by atoms with E-state index in [1.165, 1.54) is 4.90 Å². The van der Waals surface area contributed by atoms with E-state index in [1.54, 1.807) is 37.4 Å². The fourth-order valence-corrected chi connectivity index (χ4v) is 3.36. The number of amides is 1. The number of halogens is 1. The van der Waals surface area contributed by atoms with Crippen LogP contribution in [-0.4, -0.2) is 50.8 Å². The predicted molar refractivity (Wildman–Crippen MR) is 103 cm³/mol. The molecule has 0 saturated carbocycles. The summed E-state index contributed by atoms with van der Waals surface area (Å²) in [7, 11) is 1.56. The highest BCUT2D eigenvalue weighted by atomic mass is 35.5. The lowest BCUT2D eigenvalue weighted by Crippen LogP contribution is -3.15. The summed E-state index contributed by atoms with van der Waals surface area (Å²) < 4.78 is 5.11. The van der Waals surface area contributed by atoms with Crippen molar-refractivity contribution in [3.05, 3.63) is 47.5 Å². The lowest BCUT2D eigenvalue weighted by Gasteiger charge is -2.33. The number of quaternary nitrogens is 1. The molecule has 7 heteroatoms. The van der Waals surface area contributed by atoms with Gasteiger partial charge in [0, 0.05) is 11.4 Å². The zero-order valence-electron chi connectivity index (χ0n) is 14.7. The van der Waals surface area contributed by atoms with Gasteiger partial charge in [0.1, 0.15) is 11.5 Å². The van der Waals surface area contributed by atoms with E-state index in [0.717, 1.165) is 31.9 Å². The van der Waals surface area contributed by atoms with Crippen LogP contribution >= 0.6 is 11.6 Å². The van der Waals surface area contributed by atoms with Crippen LogP contribution in [0, 0.1) is 0 Å². The van der Waals surface area contributed by atoms with Gasteiger partial charge in [-0.2, -0.15) is 0 Å². The zero-order valence-corrected chi connectivity index (χ0v) is 15.4. The van der Waals surface area contributed by atoms with Gasteiger partial charge in [0.2, 0.25) is 0 Å². The third-order valence-corrected chi connectivity index (χ3v) is 4.83. The summed E-state index contributed by atoms with van der Waals surface area (Å²) in [6.45, 7) is 3.95. The van der Waals surface area contributed by atoms with Gasteiger partial charge in [-0.3, -0.25) is 4.79 Å². The Balaban J connectivity index is 1.49. The monoisotopic (exact) mass is 376 g/mol. The van der Waals surface area contributed by atoms with Gasteiger partial charge in [-0.1, -0.05) is 11.6 Å². The number of phenols is 1. The minimum Gasteiger partial charge on any atom is -0.508 e. The SMILES string of the molecule is COc1ccc(NC(=O)C[NH+]2CCN(c3ccc(O)cc3)CC2)cc1Cl. The quantitative estimate of drug-likeness (QED) is 0.738. The van der Waals surface area contributed by atoms with Gasteiger partial charge in [0.05, 0.1) is 38.3 Å². The van der Waals surface area contributed by atoms with Crippen LogP contribution in [0.25, 0.3) is 0 Å². The first-order valence-electron chi connectivity index (χ1n) is 8.56. The number of hydrogen-bond donors (Lipinski definition) is 3. The van der Waals surface area contributed by atoms with E-state index in [2.05, 4.69) is 10.2 Å². The number of hydrogen-bond acceptors (Lipinski definition) is 4. The van der Waals surface area contributed by atoms with Crippen molar-refractivity contribution in [2.24, 2.45) is 0 Å². The number of benzene rings is 2. The summed E-state index contributed by atoms with van der Waals surface area (Å²) in [6.07, 6.45) is 0. The first kappa shape index (κ1) is 18.4. The van der Waals surface area contributed by atoms with Gasteiger partial charge in [0.15, 0.2) is 6.54 Å². The summed E-state index contributed by atoms with van der Waals surface area (Å²) in [5, 5.41) is 12.7. The summed E-state index contributed by atoms with van der Waals surface area (Å²) in [5.41, 5.74) is 1.77. The molecule has 3 rings (SSSR count). The maximum atomic E-state index is 12.3. The first-order chi connectivity index (χ1) is 12.5. The van der Waals surface area contributed by atoms with Gasteiger partial charge in [-0.25, -0.2) is 0 Å². The second kappa shape index (κ2) is 8.29. The zero-order chi connectivity index (χ0) is 18.5. The fourth-order valence-electron chi connectivity index (χ4n) is 3.10. The van der Waals surface area contributed by atoms with Crippen molar-refractivity contribution in [3.63, 3.8) is 0 Å². The number of nitrogens with zero attached hydrogens (tertiary/aromatic N) is 1. The normalized spacial score (nSPS) is 14.9. The molecule has 0 aromatic heterocycles. The topological polar surface area (TPSA) is 66.2 Å². The highest BCUT2D eigenvalue weighted by Crippen LogP contribution is 2.27. The molecule has 3 N–H and O–H groups in total. The van der Waals surface area contributed by atoms with E-state index < -0.39 is 0 Å². The average Bonchev–Trinajstić information content (AvgIpc) is 2.63. The van der Waals surface area contributed by atoms with E-state index in [0.29, 0.717) is 23.0 Å². The highest BCUT2D eigenvalue weighted by molar-refractivity contribution is 6.32. The van der Waals surface area contributed by atoms with Gasteiger partial charge in [-0.05, 0) is 42.5 Å². The van der Waals surface area contributed by atoms with E-state index >= 15 is 0 Å². The van der Waals surface area contributed by atoms with Crippen LogP contribution in [0.5, 0.6) is 11.5 Å². The number of piperazine rings is 1. The molecule has 2 aromatic carbocycles. The first-order valence-corrected chi connectivity index (χ1v) is 8.94. The molecular formula is C19H23ClN3O3+. The van der Waals surface area contributed by atoms with Crippen molar-refractivity contribution in [3.8, 4) is 11.5 Å². The van der Waals surface area contributed by atoms with Crippen LogP contribution in [0.1, 0.15) is 0 Å². The maximum Gasteiger partial charge on any atom is 0.279 e. The Kier molecular flexibility index (Phi) is 5.85. The molecule has 0 bridgehead atoms. The fraction of sp³-hybridized carbons (Fsp3) is 0.316. The molecule has 1 heterocycles. The summed E-state index contributed by atoms with van der Waals surface area (Å²) in [4.78, 5) is 15.8. The Morgan fingerprint density at radius 2 is 1.92 bits per heavy atom. The molecule has 0 aliphatic carbocycles. The third-order valence-electron chi connectivity index (χ3n) is 4.53. The van der Waals surface area contributed by atoms with Gasteiger partial charge in [-0.15, -0.1) is 0 Å². The largest absolute Gasteiger partial charge is 0.508 e. The van der Waals surface area contributed by atoms with E-state index in [9.17, 15) is 9.90 Å². The predicted octanol–water partition coefficient (Wildman–Crippen LogP) is 1.40. The van der Waals surface area contributed by atoms with Crippen LogP contribution in [0.2, 0.25) is 5.02 Å². The van der Waals surface area contributed by atoms with Crippen molar-refractivity contribution >= 4 is 28.9 Å². The molecule has 1 amide bonds. The van der Waals surface area contributed by atoms with E-state index in [4.69, 9.17) is 16.3 Å². The molecule has 6 nitrogen and oxygen atoms in total. The highest BCUT2D eigenvalue weighted by Gasteiger charge is 2.22. The number of nitrogens with one attached hydrogen (secondary N) is 2. The molecule has 1 fully saturated rings. The Hall–Kier alpha value is -2.44. The van der Waals surface area contributed by atoms with Crippen molar-refractivity contribution in [2.45, 2.75) is 0 Å². The number of aromatic hydroxyl groups is 1. The molecule has 26 heavy (non-hydrogen) atoms. The van der Waals surface area contributed by atoms with Crippen molar-refractivity contribution in [1.29, 1.82) is 0 Å². The summed E-state index contributed by atoms with van der Waals surface area (Å²) in [5.74, 6) is 0.827. The second-order valence-corrected chi connectivity index (χ2v) is 6.73. The molecular weight excluding hydrogens is 354 g/mol. The average molecular weight is 377 g/mol. The number of methoxy groups -OCH3 is 1. The number of rotatable bonds is 5. The molecule has 0 spiro atoms. The molecule has 0 unspecified atom stereocenters. The van der Waals surface area contributed by atoms with E-state index in [1.807, 2.05) is 12.1 Å². The number of ether oxygens (including phenoxy) is 1. The molecule has 1 aliphatic rings. The Morgan fingerprint density at radius 3 is 2.54 bits per heavy atom. The minimum atomic E-state index is -0.0284. The summed E-state index contributed by atoms with van der Waals surface area (Å²) in [6, 6.07) is 12.4. The van der Waals surface area contributed by atoms with Crippen LogP contribution < -0.4 is 19.9 Å². The number of phenolic OH excluding ortho intramolecular Hbond substituents is 1. The molecule has 138 valence electrons. The Bertz CT molecular complexity index is 759. The molecule has 2 aromatic rings. The van der Waals surface area contributed by atoms with Gasteiger partial charge in [0.25, 0.3) is 5.91 Å². The summed E-state index contributed by atoms with van der Waals surface area (Å²) >= 11 is 6.09. The van der Waals surface area contributed by atoms with Crippen molar-refractivity contribution in [2.75, 3.05) is 50.1 Å². The van der Waals surface area contributed by atoms with Gasteiger partial charge >= 0.3 is 0 Å². The number of carbonyl (C=O) groups excluding carboxylic acids is 1. The molecule has 0 atom stereocenters.